The van der Waals surface area contributed by atoms with E-state index >= 15 is 0 Å². The highest BCUT2D eigenvalue weighted by molar-refractivity contribution is 5.89. The van der Waals surface area contributed by atoms with Crippen molar-refractivity contribution in [3.63, 3.8) is 0 Å². The van der Waals surface area contributed by atoms with Crippen LogP contribution in [0.4, 0.5) is 0 Å². The second-order valence-electron chi connectivity index (χ2n) is 16.8. The van der Waals surface area contributed by atoms with Gasteiger partial charge in [0.1, 0.15) is 25.4 Å². The molecule has 0 saturated carbocycles. The van der Waals surface area contributed by atoms with Gasteiger partial charge in [0.15, 0.2) is 11.6 Å². The van der Waals surface area contributed by atoms with Gasteiger partial charge in [0.05, 0.1) is 50.4 Å². The van der Waals surface area contributed by atoms with Crippen LogP contribution in [0.5, 0.6) is 0 Å². The van der Waals surface area contributed by atoms with E-state index in [1.165, 1.54) is 57.8 Å². The molecule has 4 rings (SSSR count). The molecule has 2 aliphatic heterocycles. The lowest BCUT2D eigenvalue weighted by Crippen LogP contribution is -2.29. The van der Waals surface area contributed by atoms with Crippen molar-refractivity contribution < 1.29 is 57.1 Å². The molecule has 4 unspecified atom stereocenters. The van der Waals surface area contributed by atoms with Crippen LogP contribution < -0.4 is 0 Å². The van der Waals surface area contributed by atoms with E-state index in [0.29, 0.717) is 50.4 Å². The number of ether oxygens (including phenoxy) is 8. The molecule has 4 atom stereocenters. The molecule has 12 heteroatoms. The van der Waals surface area contributed by atoms with Crippen LogP contribution in [0.15, 0.2) is 60.7 Å². The molecular formula is C49H74O12. The van der Waals surface area contributed by atoms with E-state index in [1.54, 1.807) is 62.4 Å². The van der Waals surface area contributed by atoms with Crippen LogP contribution >= 0.6 is 0 Å². The van der Waals surface area contributed by atoms with Crippen molar-refractivity contribution in [3.8, 4) is 0 Å². The fourth-order valence-electron chi connectivity index (χ4n) is 6.88. The van der Waals surface area contributed by atoms with E-state index in [1.807, 2.05) is 12.1 Å². The number of hydrogen-bond donors (Lipinski definition) is 0. The van der Waals surface area contributed by atoms with Gasteiger partial charge in [-0.25, -0.2) is 9.59 Å². The van der Waals surface area contributed by atoms with Gasteiger partial charge in [-0.3, -0.25) is 9.59 Å². The van der Waals surface area contributed by atoms with E-state index in [9.17, 15) is 19.2 Å². The minimum Gasteiger partial charge on any atom is -0.466 e. The maximum atomic E-state index is 12.0. The standard InChI is InChI=1S/C25H38O6.C24H36O6/c1-3-4-5-6-7-8-9-13-18-28-23(26)16-17-25(2)30-20-22(31-25)19-29-24(27)21-14-11-10-12-15-21;1-19(2)11-7-4-5-10-16-27-22(25)14-15-24(3)29-18-21(30-24)17-28-23(26)20-12-8-6-9-13-20/h10-12,14-15,22H,3-9,13,16-20H2,1-2H3;6,8-9,12-13,19,21H,4-5,7,10-11,14-18H2,1-3H3. The average Bonchev–Trinajstić information content (AvgIpc) is 3.84. The lowest BCUT2D eigenvalue weighted by molar-refractivity contribution is -0.170. The van der Waals surface area contributed by atoms with Gasteiger partial charge in [0, 0.05) is 12.8 Å². The Balaban J connectivity index is 0.000000325. The van der Waals surface area contributed by atoms with E-state index < -0.39 is 11.6 Å². The molecule has 0 amide bonds. The molecule has 0 radical (unpaired) electrons. The smallest absolute Gasteiger partial charge is 0.338 e. The molecule has 0 bridgehead atoms. The molecule has 2 saturated heterocycles. The number of carbonyl (C=O) groups is 4. The second kappa shape index (κ2) is 29.5. The first-order chi connectivity index (χ1) is 29.4. The number of rotatable bonds is 28. The monoisotopic (exact) mass is 855 g/mol. The second-order valence-corrected chi connectivity index (χ2v) is 16.8. The Labute approximate surface area is 365 Å². The zero-order chi connectivity index (χ0) is 44.2. The maximum Gasteiger partial charge on any atom is 0.338 e. The third-order valence-electron chi connectivity index (χ3n) is 10.6. The molecule has 0 spiro atoms. The first-order valence-corrected chi connectivity index (χ1v) is 22.8. The zero-order valence-electron chi connectivity index (χ0n) is 37.7. The van der Waals surface area contributed by atoms with E-state index in [0.717, 1.165) is 31.6 Å². The predicted molar refractivity (Wildman–Crippen MR) is 233 cm³/mol. The normalized spacial score (nSPS) is 20.8. The van der Waals surface area contributed by atoms with Crippen LogP contribution in [0.2, 0.25) is 0 Å². The van der Waals surface area contributed by atoms with Crippen molar-refractivity contribution in [1.29, 1.82) is 0 Å². The molecule has 2 aliphatic rings. The maximum absolute atomic E-state index is 12.0. The van der Waals surface area contributed by atoms with Crippen LogP contribution in [0, 0.1) is 5.92 Å². The summed E-state index contributed by atoms with van der Waals surface area (Å²) < 4.78 is 44.4. The van der Waals surface area contributed by atoms with Crippen LogP contribution in [0.1, 0.15) is 164 Å². The van der Waals surface area contributed by atoms with Crippen LogP contribution in [-0.2, 0) is 47.5 Å². The van der Waals surface area contributed by atoms with Gasteiger partial charge in [-0.05, 0) is 56.9 Å². The van der Waals surface area contributed by atoms with Gasteiger partial charge in [-0.2, -0.15) is 0 Å². The number of esters is 4. The van der Waals surface area contributed by atoms with Crippen molar-refractivity contribution in [2.45, 2.75) is 168 Å². The zero-order valence-corrected chi connectivity index (χ0v) is 37.7. The van der Waals surface area contributed by atoms with Crippen molar-refractivity contribution in [3.05, 3.63) is 71.8 Å². The van der Waals surface area contributed by atoms with Crippen molar-refractivity contribution in [2.24, 2.45) is 5.92 Å². The van der Waals surface area contributed by atoms with E-state index in [4.69, 9.17) is 37.9 Å². The number of benzene rings is 2. The van der Waals surface area contributed by atoms with Crippen LogP contribution in [0.3, 0.4) is 0 Å². The summed E-state index contributed by atoms with van der Waals surface area (Å²) in [5, 5.41) is 0. The van der Waals surface area contributed by atoms with Crippen LogP contribution in [-0.4, -0.2) is 87.3 Å². The highest BCUT2D eigenvalue weighted by Gasteiger charge is 2.39. The lowest BCUT2D eigenvalue weighted by Gasteiger charge is -2.22. The summed E-state index contributed by atoms with van der Waals surface area (Å²) in [6.07, 6.45) is 16.0. The summed E-state index contributed by atoms with van der Waals surface area (Å²) in [6.45, 7) is 12.1. The summed E-state index contributed by atoms with van der Waals surface area (Å²) in [5.74, 6) is -2.20. The largest absolute Gasteiger partial charge is 0.466 e. The van der Waals surface area contributed by atoms with Crippen molar-refractivity contribution in [1.82, 2.24) is 0 Å². The minimum atomic E-state index is -0.861. The van der Waals surface area contributed by atoms with E-state index in [-0.39, 0.29) is 62.1 Å². The quantitative estimate of drug-likeness (QED) is 0.0457. The van der Waals surface area contributed by atoms with Gasteiger partial charge < -0.3 is 37.9 Å². The Morgan fingerprint density at radius 3 is 1.38 bits per heavy atom. The summed E-state index contributed by atoms with van der Waals surface area (Å²) in [5.41, 5.74) is 1.00. The number of hydrogen-bond acceptors (Lipinski definition) is 12. The molecule has 2 aromatic rings. The molecule has 12 nitrogen and oxygen atoms in total. The van der Waals surface area contributed by atoms with E-state index in [2.05, 4.69) is 20.8 Å². The minimum absolute atomic E-state index is 0.116. The van der Waals surface area contributed by atoms with Gasteiger partial charge >= 0.3 is 23.9 Å². The highest BCUT2D eigenvalue weighted by Crippen LogP contribution is 2.30. The molecule has 2 aromatic carbocycles. The fourth-order valence-corrected chi connectivity index (χ4v) is 6.88. The topological polar surface area (TPSA) is 142 Å². The van der Waals surface area contributed by atoms with Crippen LogP contribution in [0.25, 0.3) is 0 Å². The molecule has 2 heterocycles. The Bertz CT molecular complexity index is 1520. The fraction of sp³-hybridized carbons (Fsp3) is 0.673. The van der Waals surface area contributed by atoms with Gasteiger partial charge in [-0.1, -0.05) is 128 Å². The first kappa shape index (κ1) is 51.5. The third-order valence-corrected chi connectivity index (χ3v) is 10.6. The van der Waals surface area contributed by atoms with Crippen molar-refractivity contribution >= 4 is 23.9 Å². The van der Waals surface area contributed by atoms with Gasteiger partial charge in [0.25, 0.3) is 0 Å². The summed E-state index contributed by atoms with van der Waals surface area (Å²) in [6, 6.07) is 17.7. The summed E-state index contributed by atoms with van der Waals surface area (Å²) in [7, 11) is 0. The predicted octanol–water partition coefficient (Wildman–Crippen LogP) is 10.3. The van der Waals surface area contributed by atoms with Crippen molar-refractivity contribution in [2.75, 3.05) is 39.6 Å². The molecular weight excluding hydrogens is 781 g/mol. The Kier molecular flexibility index (Phi) is 24.9. The summed E-state index contributed by atoms with van der Waals surface area (Å²) >= 11 is 0. The van der Waals surface area contributed by atoms with Gasteiger partial charge in [-0.15, -0.1) is 0 Å². The first-order valence-electron chi connectivity index (χ1n) is 22.8. The third kappa shape index (κ3) is 22.7. The molecule has 0 aromatic heterocycles. The molecule has 2 fully saturated rings. The number of carbonyl (C=O) groups excluding carboxylic acids is 4. The highest BCUT2D eigenvalue weighted by atomic mass is 16.8. The molecule has 0 aliphatic carbocycles. The Hall–Kier alpha value is -3.84. The van der Waals surface area contributed by atoms with Gasteiger partial charge in [0.2, 0.25) is 0 Å². The Morgan fingerprint density at radius 1 is 0.574 bits per heavy atom. The molecule has 0 N–H and O–H groups in total. The molecule has 342 valence electrons. The molecule has 61 heavy (non-hydrogen) atoms. The summed E-state index contributed by atoms with van der Waals surface area (Å²) in [4.78, 5) is 48.0. The number of unbranched alkanes of at least 4 members (excludes halogenated alkanes) is 10. The lowest BCUT2D eigenvalue weighted by atomic mass is 10.0. The average molecular weight is 855 g/mol. The Morgan fingerprint density at radius 2 is 0.967 bits per heavy atom. The SMILES string of the molecule is CC(C)CCCCCCOC(=O)CCC1(C)OCC(COC(=O)c2ccccc2)O1.CCCCCCCCCCOC(=O)CCC1(C)OCC(COC(=O)c2ccccc2)O1.